The molecule has 0 radical (unpaired) electrons. The summed E-state index contributed by atoms with van der Waals surface area (Å²) in [6.45, 7) is 0.909. The van der Waals surface area contributed by atoms with E-state index in [2.05, 4.69) is 0 Å². The van der Waals surface area contributed by atoms with Gasteiger partial charge in [-0.1, -0.05) is 30.3 Å². The van der Waals surface area contributed by atoms with Crippen LogP contribution < -0.4 is 5.73 Å². The monoisotopic (exact) mass is 388 g/mol. The van der Waals surface area contributed by atoms with E-state index in [-0.39, 0.29) is 24.1 Å². The van der Waals surface area contributed by atoms with Crippen molar-refractivity contribution in [1.82, 2.24) is 14.5 Å². The van der Waals surface area contributed by atoms with Crippen molar-refractivity contribution in [3.8, 4) is 5.69 Å². The number of rotatable bonds is 4. The predicted molar refractivity (Wildman–Crippen MR) is 110 cm³/mol. The molecule has 1 aliphatic heterocycles. The van der Waals surface area contributed by atoms with Crippen molar-refractivity contribution in [1.29, 1.82) is 0 Å². The molecule has 1 fully saturated rings. The molecule has 4 aromatic rings. The summed E-state index contributed by atoms with van der Waals surface area (Å²) < 4.78 is 12.8. The number of ether oxygens (including phenoxy) is 2. The van der Waals surface area contributed by atoms with Crippen LogP contribution in [0.15, 0.2) is 54.6 Å². The summed E-state index contributed by atoms with van der Waals surface area (Å²) in [6.07, 6.45) is 1.81. The summed E-state index contributed by atoms with van der Waals surface area (Å²) in [6, 6.07) is 17.1. The average Bonchev–Trinajstić information content (AvgIpc) is 3.36. The van der Waals surface area contributed by atoms with Crippen LogP contribution in [0.4, 0.5) is 5.82 Å². The molecule has 0 aliphatic carbocycles. The first-order valence-electron chi connectivity index (χ1n) is 9.63. The van der Waals surface area contributed by atoms with Crippen LogP contribution in [-0.4, -0.2) is 39.8 Å². The van der Waals surface area contributed by atoms with Crippen LogP contribution in [0.5, 0.6) is 0 Å². The third kappa shape index (κ3) is 3.09. The van der Waals surface area contributed by atoms with E-state index in [9.17, 15) is 4.79 Å². The minimum Gasteiger partial charge on any atom is -0.459 e. The number of carbonyl (C=O) groups excluding carboxylic acids is 1. The van der Waals surface area contributed by atoms with Crippen molar-refractivity contribution < 1.29 is 14.3 Å². The van der Waals surface area contributed by atoms with Crippen LogP contribution in [0.2, 0.25) is 0 Å². The molecule has 1 atom stereocenters. The van der Waals surface area contributed by atoms with Gasteiger partial charge in [-0.15, -0.1) is 0 Å². The molecule has 0 amide bonds. The summed E-state index contributed by atoms with van der Waals surface area (Å²) in [5.74, 6) is -0.249. The Morgan fingerprint density at radius 2 is 1.83 bits per heavy atom. The number of nitrogen functional groups attached to an aromatic ring is 1. The van der Waals surface area contributed by atoms with Gasteiger partial charge in [0.15, 0.2) is 5.65 Å². The molecule has 0 unspecified atom stereocenters. The van der Waals surface area contributed by atoms with E-state index in [0.29, 0.717) is 23.3 Å². The van der Waals surface area contributed by atoms with Crippen molar-refractivity contribution in [3.05, 3.63) is 60.2 Å². The highest BCUT2D eigenvalue weighted by molar-refractivity contribution is 6.09. The van der Waals surface area contributed by atoms with Gasteiger partial charge in [-0.05, 0) is 37.1 Å². The molecule has 29 heavy (non-hydrogen) atoms. The number of benzene rings is 2. The van der Waals surface area contributed by atoms with Crippen molar-refractivity contribution in [2.75, 3.05) is 18.9 Å². The number of nitrogens with two attached hydrogens (primary N) is 1. The lowest BCUT2D eigenvalue weighted by atomic mass is 10.2. The molecule has 7 heteroatoms. The van der Waals surface area contributed by atoms with E-state index in [1.54, 1.807) is 4.57 Å². The zero-order valence-electron chi connectivity index (χ0n) is 15.7. The first kappa shape index (κ1) is 17.6. The highest BCUT2D eigenvalue weighted by Gasteiger charge is 2.27. The lowest BCUT2D eigenvalue weighted by Crippen LogP contribution is -2.18. The molecule has 1 aliphatic rings. The largest absolute Gasteiger partial charge is 0.459 e. The highest BCUT2D eigenvalue weighted by atomic mass is 16.6. The van der Waals surface area contributed by atoms with Gasteiger partial charge >= 0.3 is 5.97 Å². The molecule has 146 valence electrons. The lowest BCUT2D eigenvalue weighted by molar-refractivity contribution is 0.0163. The average molecular weight is 388 g/mol. The number of hydrogen-bond donors (Lipinski definition) is 1. The Hall–Kier alpha value is -3.45. The van der Waals surface area contributed by atoms with E-state index in [1.165, 1.54) is 0 Å². The maximum atomic E-state index is 13.0. The predicted octanol–water partition coefficient (Wildman–Crippen LogP) is 3.49. The fourth-order valence-electron chi connectivity index (χ4n) is 3.72. The Bertz CT molecular complexity index is 1200. The Balaban J connectivity index is 1.66. The number of nitrogens with zero attached hydrogens (tertiary/aromatic N) is 3. The standard InChI is InChI=1S/C22H20N4O3/c23-20-18(22(27)29-13-15-9-6-12-28-15)19-21(26(20)14-7-2-1-3-8-14)25-17-11-5-4-10-16(17)24-19/h1-5,7-8,10-11,15H,6,9,12-13,23H2/t15-/m0/s1. The fourth-order valence-corrected chi connectivity index (χ4v) is 3.72. The lowest BCUT2D eigenvalue weighted by Gasteiger charge is -2.10. The maximum absolute atomic E-state index is 13.0. The number of esters is 1. The highest BCUT2D eigenvalue weighted by Crippen LogP contribution is 2.31. The summed E-state index contributed by atoms with van der Waals surface area (Å²) in [7, 11) is 0. The quantitative estimate of drug-likeness (QED) is 0.538. The number of hydrogen-bond acceptors (Lipinski definition) is 6. The second-order valence-corrected chi connectivity index (χ2v) is 7.05. The minimum atomic E-state index is -0.512. The molecule has 0 bridgehead atoms. The summed E-state index contributed by atoms with van der Waals surface area (Å²) in [4.78, 5) is 22.4. The molecular weight excluding hydrogens is 368 g/mol. The molecule has 0 saturated carbocycles. The molecule has 2 N–H and O–H groups in total. The Kier molecular flexibility index (Phi) is 4.37. The Labute approximate surface area is 167 Å². The topological polar surface area (TPSA) is 92.3 Å². The summed E-state index contributed by atoms with van der Waals surface area (Å²) in [5.41, 5.74) is 9.87. The van der Waals surface area contributed by atoms with Crippen molar-refractivity contribution in [3.63, 3.8) is 0 Å². The number of para-hydroxylation sites is 3. The minimum absolute atomic E-state index is 0.0606. The van der Waals surface area contributed by atoms with Crippen LogP contribution in [0.25, 0.3) is 27.9 Å². The second kappa shape index (κ2) is 7.18. The summed E-state index contributed by atoms with van der Waals surface area (Å²) >= 11 is 0. The van der Waals surface area contributed by atoms with Crippen molar-refractivity contribution in [2.45, 2.75) is 18.9 Å². The van der Waals surface area contributed by atoms with E-state index >= 15 is 0 Å². The molecular formula is C22H20N4O3. The zero-order chi connectivity index (χ0) is 19.8. The maximum Gasteiger partial charge on any atom is 0.344 e. The van der Waals surface area contributed by atoms with Crippen LogP contribution in [0.1, 0.15) is 23.2 Å². The number of fused-ring (bicyclic) bond motifs is 2. The van der Waals surface area contributed by atoms with E-state index in [0.717, 1.165) is 24.0 Å². The van der Waals surface area contributed by atoms with Gasteiger partial charge in [0.05, 0.1) is 17.1 Å². The zero-order valence-corrected chi connectivity index (χ0v) is 15.7. The molecule has 5 rings (SSSR count). The van der Waals surface area contributed by atoms with E-state index in [4.69, 9.17) is 25.2 Å². The first-order valence-corrected chi connectivity index (χ1v) is 9.63. The van der Waals surface area contributed by atoms with Gasteiger partial charge in [0.1, 0.15) is 23.5 Å². The van der Waals surface area contributed by atoms with Gasteiger partial charge in [-0.3, -0.25) is 4.57 Å². The number of anilines is 1. The van der Waals surface area contributed by atoms with Crippen molar-refractivity contribution >= 4 is 34.0 Å². The van der Waals surface area contributed by atoms with Gasteiger partial charge in [0, 0.05) is 12.3 Å². The first-order chi connectivity index (χ1) is 14.2. The van der Waals surface area contributed by atoms with Gasteiger partial charge in [0.25, 0.3) is 0 Å². The molecule has 1 saturated heterocycles. The molecule has 2 aromatic heterocycles. The third-order valence-corrected chi connectivity index (χ3v) is 5.14. The Morgan fingerprint density at radius 1 is 1.10 bits per heavy atom. The molecule has 3 heterocycles. The fraction of sp³-hybridized carbons (Fsp3) is 0.227. The SMILES string of the molecule is Nc1c(C(=O)OC[C@@H]2CCCO2)c2nc3ccccc3nc2n1-c1ccccc1. The van der Waals surface area contributed by atoms with Gasteiger partial charge < -0.3 is 15.2 Å². The number of carbonyl (C=O) groups is 1. The smallest absolute Gasteiger partial charge is 0.344 e. The number of aromatic nitrogens is 3. The molecule has 2 aromatic carbocycles. The van der Waals surface area contributed by atoms with Crippen molar-refractivity contribution in [2.24, 2.45) is 0 Å². The van der Waals surface area contributed by atoms with E-state index < -0.39 is 5.97 Å². The molecule has 0 spiro atoms. The second-order valence-electron chi connectivity index (χ2n) is 7.05. The van der Waals surface area contributed by atoms with Gasteiger partial charge in [0.2, 0.25) is 0 Å². The van der Waals surface area contributed by atoms with Crippen LogP contribution >= 0.6 is 0 Å². The third-order valence-electron chi connectivity index (χ3n) is 5.14. The Morgan fingerprint density at radius 3 is 2.55 bits per heavy atom. The normalized spacial score (nSPS) is 16.5. The summed E-state index contributed by atoms with van der Waals surface area (Å²) in [5, 5.41) is 0. The van der Waals surface area contributed by atoms with Crippen LogP contribution in [-0.2, 0) is 9.47 Å². The molecule has 7 nitrogen and oxygen atoms in total. The van der Waals surface area contributed by atoms with Crippen LogP contribution in [0.3, 0.4) is 0 Å². The van der Waals surface area contributed by atoms with Crippen LogP contribution in [0, 0.1) is 0 Å². The van der Waals surface area contributed by atoms with Gasteiger partial charge in [-0.2, -0.15) is 0 Å². The van der Waals surface area contributed by atoms with E-state index in [1.807, 2.05) is 54.6 Å². The van der Waals surface area contributed by atoms with Gasteiger partial charge in [-0.25, -0.2) is 14.8 Å².